The third-order valence-electron chi connectivity index (χ3n) is 4.67. The van der Waals surface area contributed by atoms with Crippen LogP contribution in [-0.2, 0) is 14.3 Å². The maximum absolute atomic E-state index is 12.0. The summed E-state index contributed by atoms with van der Waals surface area (Å²) in [5, 5.41) is 19.1. The number of aliphatic hydroxyl groups is 1. The third-order valence-corrected chi connectivity index (χ3v) is 4.67. The summed E-state index contributed by atoms with van der Waals surface area (Å²) in [6, 6.07) is 1.85. The van der Waals surface area contributed by atoms with Gasteiger partial charge >= 0.3 is 5.97 Å². The molecule has 0 bridgehead atoms. The molecule has 0 aromatic rings. The normalized spacial score (nSPS) is 12.2. The Morgan fingerprint density at radius 1 is 0.935 bits per heavy atom. The first-order valence-corrected chi connectivity index (χ1v) is 11.5. The number of rotatable bonds is 18. The van der Waals surface area contributed by atoms with E-state index >= 15 is 0 Å². The van der Waals surface area contributed by atoms with Gasteiger partial charge in [0, 0.05) is 0 Å². The molecule has 0 aliphatic rings. The first kappa shape index (κ1) is 28.3. The van der Waals surface area contributed by atoms with Crippen LogP contribution in [-0.4, -0.2) is 24.3 Å². The molecule has 31 heavy (non-hydrogen) atoms. The predicted molar refractivity (Wildman–Crippen MR) is 123 cm³/mol. The highest BCUT2D eigenvalue weighted by Gasteiger charge is 2.10. The third kappa shape index (κ3) is 15.7. The van der Waals surface area contributed by atoms with E-state index in [2.05, 4.69) is 18.7 Å². The number of carbonyl (C=O) groups is 1. The fourth-order valence-electron chi connectivity index (χ4n) is 2.79. The lowest BCUT2D eigenvalue weighted by Gasteiger charge is -2.05. The van der Waals surface area contributed by atoms with Gasteiger partial charge in [-0.1, -0.05) is 84.1 Å². The molecule has 0 saturated carbocycles. The molecule has 6 nitrogen and oxygen atoms in total. The second-order valence-corrected chi connectivity index (χ2v) is 7.37. The molecule has 172 valence electrons. The van der Waals surface area contributed by atoms with Gasteiger partial charge in [-0.25, -0.2) is 4.85 Å². The summed E-state index contributed by atoms with van der Waals surface area (Å²) >= 11 is 0. The molecule has 0 unspecified atom stereocenters. The van der Waals surface area contributed by atoms with E-state index in [1.807, 2.05) is 6.07 Å². The summed E-state index contributed by atoms with van der Waals surface area (Å²) < 4.78 is 10.3. The number of nitriles is 1. The Labute approximate surface area is 188 Å². The van der Waals surface area contributed by atoms with E-state index in [9.17, 15) is 15.2 Å². The molecule has 0 aromatic carbocycles. The molecule has 0 aromatic heterocycles. The van der Waals surface area contributed by atoms with E-state index in [4.69, 9.17) is 16.0 Å². The molecular formula is C25H38N2O4. The minimum atomic E-state index is -0.681. The number of nitrogens with zero attached hydrogens (tertiary/aromatic N) is 2. The fraction of sp³-hybridized carbons (Fsp3) is 0.640. The molecule has 0 rings (SSSR count). The van der Waals surface area contributed by atoms with Gasteiger partial charge in [0.15, 0.2) is 0 Å². The van der Waals surface area contributed by atoms with Crippen molar-refractivity contribution in [2.45, 2.75) is 90.9 Å². The molecule has 1 N–H and O–H groups in total. The molecule has 0 aliphatic heterocycles. The van der Waals surface area contributed by atoms with Crippen molar-refractivity contribution in [2.24, 2.45) is 0 Å². The lowest BCUT2D eigenvalue weighted by Crippen LogP contribution is -2.06. The van der Waals surface area contributed by atoms with Crippen LogP contribution < -0.4 is 0 Å². The van der Waals surface area contributed by atoms with Gasteiger partial charge < -0.3 is 14.6 Å². The summed E-state index contributed by atoms with van der Waals surface area (Å²) in [4.78, 5) is 15.1. The molecule has 0 saturated heterocycles. The van der Waals surface area contributed by atoms with Gasteiger partial charge in [-0.3, -0.25) is 4.79 Å². The first-order chi connectivity index (χ1) is 15.1. The van der Waals surface area contributed by atoms with Crippen LogP contribution in [0.5, 0.6) is 0 Å². The average molecular weight is 431 g/mol. The zero-order chi connectivity index (χ0) is 23.2. The minimum Gasteiger partial charge on any atom is -0.480 e. The Balaban J connectivity index is 4.43. The van der Waals surface area contributed by atoms with Gasteiger partial charge in [0.1, 0.15) is 11.6 Å². The quantitative estimate of drug-likeness (QED) is 0.0485. The smallest absolute Gasteiger partial charge is 0.336 e. The van der Waals surface area contributed by atoms with Crippen LogP contribution in [0.1, 0.15) is 90.9 Å². The van der Waals surface area contributed by atoms with Crippen molar-refractivity contribution < 1.29 is 19.4 Å². The largest absolute Gasteiger partial charge is 0.480 e. The SMILES string of the molecule is [C-]#[N+]C(=CC=C/C(C#N)=C(\O)OCCCCCCCC)C(=O)OCCCCCCCC. The van der Waals surface area contributed by atoms with E-state index in [0.29, 0.717) is 6.61 Å². The number of ether oxygens (including phenoxy) is 2. The van der Waals surface area contributed by atoms with Gasteiger partial charge in [0.05, 0.1) is 19.8 Å². The molecule has 0 spiro atoms. The van der Waals surface area contributed by atoms with Crippen LogP contribution in [0.15, 0.2) is 35.4 Å². The zero-order valence-electron chi connectivity index (χ0n) is 19.2. The van der Waals surface area contributed by atoms with Gasteiger partial charge in [0.25, 0.3) is 11.6 Å². The molecule has 0 radical (unpaired) electrons. The molecule has 0 amide bonds. The fourth-order valence-corrected chi connectivity index (χ4v) is 2.79. The van der Waals surface area contributed by atoms with E-state index < -0.39 is 11.9 Å². The number of hydrogen-bond acceptors (Lipinski definition) is 5. The number of unbranched alkanes of at least 4 members (excludes halogenated alkanes) is 10. The number of hydrogen-bond donors (Lipinski definition) is 1. The molecule has 6 heteroatoms. The van der Waals surface area contributed by atoms with Crippen LogP contribution in [0, 0.1) is 17.9 Å². The van der Waals surface area contributed by atoms with E-state index in [0.717, 1.165) is 38.5 Å². The Morgan fingerprint density at radius 2 is 1.45 bits per heavy atom. The molecule has 0 heterocycles. The van der Waals surface area contributed by atoms with Crippen molar-refractivity contribution in [2.75, 3.05) is 13.2 Å². The Kier molecular flexibility index (Phi) is 18.7. The van der Waals surface area contributed by atoms with Crippen LogP contribution >= 0.6 is 0 Å². The van der Waals surface area contributed by atoms with Crippen molar-refractivity contribution >= 4 is 5.97 Å². The second-order valence-electron chi connectivity index (χ2n) is 7.37. The summed E-state index contributed by atoms with van der Waals surface area (Å²) in [6.45, 7) is 12.1. The number of esters is 1. The number of carbonyl (C=O) groups excluding carboxylic acids is 1. The monoisotopic (exact) mass is 430 g/mol. The summed E-state index contributed by atoms with van der Waals surface area (Å²) in [5.74, 6) is -1.13. The summed E-state index contributed by atoms with van der Waals surface area (Å²) in [5.41, 5.74) is -0.237. The Morgan fingerprint density at radius 3 is 1.97 bits per heavy atom. The van der Waals surface area contributed by atoms with E-state index in [-0.39, 0.29) is 17.9 Å². The minimum absolute atomic E-state index is 0.0630. The standard InChI is InChI=1S/C25H38N2O4/c1-4-6-8-10-12-14-19-30-24(28)22(21-26)17-16-18-23(27-3)25(29)31-20-15-13-11-9-7-5-2/h16-18,28H,4-15,19-20H2,1-2H3/b17-16?,23-18?,24-22-. The second kappa shape index (κ2) is 20.5. The van der Waals surface area contributed by atoms with Gasteiger partial charge in [0.2, 0.25) is 0 Å². The zero-order valence-corrected chi connectivity index (χ0v) is 19.2. The first-order valence-electron chi connectivity index (χ1n) is 11.5. The topological polar surface area (TPSA) is 83.9 Å². The highest BCUT2D eigenvalue weighted by molar-refractivity contribution is 5.90. The number of allylic oxidation sites excluding steroid dienone is 4. The predicted octanol–water partition coefficient (Wildman–Crippen LogP) is 6.92. The van der Waals surface area contributed by atoms with Crippen molar-refractivity contribution in [3.05, 3.63) is 46.9 Å². The lowest BCUT2D eigenvalue weighted by atomic mass is 10.1. The molecule has 0 aliphatic carbocycles. The van der Waals surface area contributed by atoms with Crippen molar-refractivity contribution in [1.29, 1.82) is 5.26 Å². The van der Waals surface area contributed by atoms with Crippen molar-refractivity contribution in [3.63, 3.8) is 0 Å². The molecule has 0 fully saturated rings. The van der Waals surface area contributed by atoms with Crippen LogP contribution in [0.2, 0.25) is 0 Å². The lowest BCUT2D eigenvalue weighted by molar-refractivity contribution is -0.138. The van der Waals surface area contributed by atoms with Crippen LogP contribution in [0.25, 0.3) is 4.85 Å². The average Bonchev–Trinajstić information content (AvgIpc) is 2.77. The van der Waals surface area contributed by atoms with E-state index in [1.165, 1.54) is 56.8 Å². The molecule has 0 atom stereocenters. The van der Waals surface area contributed by atoms with Gasteiger partial charge in [-0.15, -0.1) is 0 Å². The Bertz CT molecular complexity index is 666. The van der Waals surface area contributed by atoms with Crippen molar-refractivity contribution in [1.82, 2.24) is 0 Å². The van der Waals surface area contributed by atoms with Crippen molar-refractivity contribution in [3.8, 4) is 6.07 Å². The van der Waals surface area contributed by atoms with Gasteiger partial charge in [-0.2, -0.15) is 5.26 Å². The highest BCUT2D eigenvalue weighted by atomic mass is 16.6. The molecular weight excluding hydrogens is 392 g/mol. The highest BCUT2D eigenvalue weighted by Crippen LogP contribution is 2.10. The Hall–Kier alpha value is -2.73. The number of aliphatic hydroxyl groups excluding tert-OH is 1. The maximum atomic E-state index is 12.0. The van der Waals surface area contributed by atoms with E-state index in [1.54, 1.807) is 0 Å². The summed E-state index contributed by atoms with van der Waals surface area (Å²) in [7, 11) is 0. The van der Waals surface area contributed by atoms with Crippen LogP contribution in [0.3, 0.4) is 0 Å². The van der Waals surface area contributed by atoms with Crippen LogP contribution in [0.4, 0.5) is 0 Å². The maximum Gasteiger partial charge on any atom is 0.336 e. The summed E-state index contributed by atoms with van der Waals surface area (Å²) in [6.07, 6.45) is 17.0. The van der Waals surface area contributed by atoms with Gasteiger partial charge in [-0.05, 0) is 25.0 Å².